The highest BCUT2D eigenvalue weighted by molar-refractivity contribution is 6.43. The molecule has 0 aromatic heterocycles. The van der Waals surface area contributed by atoms with Crippen LogP contribution < -0.4 is 10.7 Å². The minimum absolute atomic E-state index is 0.0529. The van der Waals surface area contributed by atoms with Crippen LogP contribution in [0.1, 0.15) is 23.6 Å². The molecule has 2 aliphatic rings. The molecule has 1 aromatic carbocycles. The number of hydrazone groups is 1. The summed E-state index contributed by atoms with van der Waals surface area (Å²) < 4.78 is 0. The van der Waals surface area contributed by atoms with Gasteiger partial charge in [-0.2, -0.15) is 5.10 Å². The van der Waals surface area contributed by atoms with E-state index in [1.54, 1.807) is 0 Å². The van der Waals surface area contributed by atoms with Gasteiger partial charge in [0.1, 0.15) is 5.71 Å². The summed E-state index contributed by atoms with van der Waals surface area (Å²) >= 11 is 0. The molecule has 0 saturated carbocycles. The zero-order chi connectivity index (χ0) is 11.8. The van der Waals surface area contributed by atoms with Gasteiger partial charge in [-0.3, -0.25) is 9.59 Å². The molecule has 2 amide bonds. The van der Waals surface area contributed by atoms with E-state index in [2.05, 4.69) is 21.9 Å². The highest BCUT2D eigenvalue weighted by atomic mass is 16.2. The van der Waals surface area contributed by atoms with Crippen LogP contribution in [0.3, 0.4) is 0 Å². The van der Waals surface area contributed by atoms with Crippen molar-refractivity contribution >= 4 is 17.5 Å². The molecule has 86 valence electrons. The minimum Gasteiger partial charge on any atom is -0.344 e. The number of carbonyl (C=O) groups is 2. The van der Waals surface area contributed by atoms with E-state index in [9.17, 15) is 9.59 Å². The van der Waals surface area contributed by atoms with Gasteiger partial charge < -0.3 is 5.32 Å². The molecule has 0 fully saturated rings. The normalized spacial score (nSPS) is 21.1. The Labute approximate surface area is 97.9 Å². The Morgan fingerprint density at radius 3 is 2.94 bits per heavy atom. The second kappa shape index (κ2) is 3.69. The quantitative estimate of drug-likeness (QED) is 0.764. The van der Waals surface area contributed by atoms with Crippen molar-refractivity contribution in [2.24, 2.45) is 5.10 Å². The smallest absolute Gasteiger partial charge is 0.268 e. The third-order valence-corrected chi connectivity index (χ3v) is 3.07. The Morgan fingerprint density at radius 2 is 2.24 bits per heavy atom. The number of nitrogens with one attached hydrogen (secondary N) is 2. The molecule has 3 rings (SSSR count). The van der Waals surface area contributed by atoms with E-state index >= 15 is 0 Å². The third-order valence-electron chi connectivity index (χ3n) is 3.07. The summed E-state index contributed by atoms with van der Waals surface area (Å²) in [7, 11) is 0. The number of rotatable bonds is 2. The lowest BCUT2D eigenvalue weighted by molar-refractivity contribution is -0.120. The van der Waals surface area contributed by atoms with Gasteiger partial charge in [0.2, 0.25) is 5.91 Å². The van der Waals surface area contributed by atoms with Crippen molar-refractivity contribution in [3.63, 3.8) is 0 Å². The van der Waals surface area contributed by atoms with Gasteiger partial charge in [0, 0.05) is 0 Å². The maximum absolute atomic E-state index is 11.8. The average molecular weight is 229 g/mol. The van der Waals surface area contributed by atoms with E-state index < -0.39 is 0 Å². The average Bonchev–Trinajstić information content (AvgIpc) is 2.73. The molecule has 0 spiro atoms. The predicted octanol–water partition coefficient (Wildman–Crippen LogP) is 0.276. The maximum Gasteiger partial charge on any atom is 0.268 e. The number of hydrogen-bond donors (Lipinski definition) is 2. The largest absolute Gasteiger partial charge is 0.344 e. The highest BCUT2D eigenvalue weighted by Crippen LogP contribution is 2.32. The first-order valence-electron chi connectivity index (χ1n) is 5.48. The second-order valence-electron chi connectivity index (χ2n) is 4.20. The van der Waals surface area contributed by atoms with Crippen molar-refractivity contribution in [1.29, 1.82) is 0 Å². The van der Waals surface area contributed by atoms with E-state index in [0.717, 1.165) is 12.0 Å². The zero-order valence-corrected chi connectivity index (χ0v) is 9.06. The van der Waals surface area contributed by atoms with E-state index in [1.807, 2.05) is 18.2 Å². The second-order valence-corrected chi connectivity index (χ2v) is 4.20. The Morgan fingerprint density at radius 1 is 1.41 bits per heavy atom. The summed E-state index contributed by atoms with van der Waals surface area (Å²) in [5.41, 5.74) is 4.95. The Hall–Kier alpha value is -2.17. The molecular formula is C12H11N3O2. The summed E-state index contributed by atoms with van der Waals surface area (Å²) in [6, 6.07) is 8.05. The maximum atomic E-state index is 11.8. The van der Waals surface area contributed by atoms with Crippen LogP contribution in [0, 0.1) is 0 Å². The number of benzene rings is 1. The van der Waals surface area contributed by atoms with Crippen LogP contribution in [0.5, 0.6) is 0 Å². The molecule has 1 unspecified atom stereocenters. The number of nitrogens with zero attached hydrogens (tertiary/aromatic N) is 1. The number of carbonyl (C=O) groups excluding carboxylic acids is 2. The van der Waals surface area contributed by atoms with Crippen molar-refractivity contribution in [3.05, 3.63) is 35.4 Å². The molecule has 5 nitrogen and oxygen atoms in total. The minimum atomic E-state index is -0.261. The van der Waals surface area contributed by atoms with Crippen LogP contribution >= 0.6 is 0 Å². The first kappa shape index (κ1) is 10.0. The molecule has 0 radical (unpaired) electrons. The van der Waals surface area contributed by atoms with E-state index in [4.69, 9.17) is 0 Å². The fraction of sp³-hybridized carbons (Fsp3) is 0.250. The lowest BCUT2D eigenvalue weighted by Gasteiger charge is -2.30. The van der Waals surface area contributed by atoms with E-state index in [1.165, 1.54) is 5.56 Å². The first-order chi connectivity index (χ1) is 8.24. The molecule has 0 saturated heterocycles. The van der Waals surface area contributed by atoms with E-state index in [-0.39, 0.29) is 30.0 Å². The van der Waals surface area contributed by atoms with Gasteiger partial charge in [0.15, 0.2) is 0 Å². The highest BCUT2D eigenvalue weighted by Gasteiger charge is 2.29. The number of hydrogen-bond acceptors (Lipinski definition) is 3. The molecule has 1 aromatic rings. The fourth-order valence-corrected chi connectivity index (χ4v) is 2.12. The summed E-state index contributed by atoms with van der Waals surface area (Å²) in [6.07, 6.45) is 0.913. The van der Waals surface area contributed by atoms with Crippen LogP contribution in [0.25, 0.3) is 0 Å². The molecule has 1 aliphatic heterocycles. The van der Waals surface area contributed by atoms with E-state index in [0.29, 0.717) is 0 Å². The van der Waals surface area contributed by atoms with Crippen molar-refractivity contribution < 1.29 is 9.59 Å². The summed E-state index contributed by atoms with van der Waals surface area (Å²) in [6.45, 7) is 0. The zero-order valence-electron chi connectivity index (χ0n) is 9.06. The van der Waals surface area contributed by atoms with Crippen molar-refractivity contribution in [3.8, 4) is 0 Å². The molecule has 1 atom stereocenters. The Balaban J connectivity index is 1.67. The van der Waals surface area contributed by atoms with Gasteiger partial charge in [0.25, 0.3) is 5.91 Å². The van der Waals surface area contributed by atoms with Crippen LogP contribution in [0.4, 0.5) is 0 Å². The van der Waals surface area contributed by atoms with Gasteiger partial charge in [-0.1, -0.05) is 24.3 Å². The summed E-state index contributed by atoms with van der Waals surface area (Å²) in [5, 5.41) is 6.56. The summed E-state index contributed by atoms with van der Waals surface area (Å²) in [5.74, 6) is -0.494. The standard InChI is InChI=1S/C12H11N3O2/c16-11-6-10(14-15-11)12(17)13-9-5-7-3-1-2-4-8(7)9/h1-4,9H,5-6H2,(H,13,17)(H,15,16). The first-order valence-corrected chi connectivity index (χ1v) is 5.48. The van der Waals surface area contributed by atoms with Crippen LogP contribution in [0.15, 0.2) is 29.4 Å². The third kappa shape index (κ3) is 1.69. The van der Waals surface area contributed by atoms with Crippen molar-refractivity contribution in [2.45, 2.75) is 18.9 Å². The monoisotopic (exact) mass is 229 g/mol. The SMILES string of the molecule is O=C1CC(C(=O)NC2Cc3ccccc32)=NN1. The Bertz CT molecular complexity index is 536. The number of amides is 2. The molecular weight excluding hydrogens is 218 g/mol. The van der Waals surface area contributed by atoms with Crippen LogP contribution in [0.2, 0.25) is 0 Å². The number of fused-ring (bicyclic) bond motifs is 1. The summed E-state index contributed by atoms with van der Waals surface area (Å²) in [4.78, 5) is 22.7. The Kier molecular flexibility index (Phi) is 2.18. The van der Waals surface area contributed by atoms with Crippen LogP contribution in [-0.4, -0.2) is 17.5 Å². The van der Waals surface area contributed by atoms with Crippen molar-refractivity contribution in [1.82, 2.24) is 10.7 Å². The molecule has 1 heterocycles. The van der Waals surface area contributed by atoms with Gasteiger partial charge in [-0.05, 0) is 17.5 Å². The molecule has 2 N–H and O–H groups in total. The lowest BCUT2D eigenvalue weighted by atomic mass is 9.83. The fourth-order valence-electron chi connectivity index (χ4n) is 2.12. The topological polar surface area (TPSA) is 70.6 Å². The lowest BCUT2D eigenvalue weighted by Crippen LogP contribution is -2.39. The van der Waals surface area contributed by atoms with Crippen molar-refractivity contribution in [2.75, 3.05) is 0 Å². The van der Waals surface area contributed by atoms with Gasteiger partial charge in [-0.15, -0.1) is 0 Å². The molecule has 17 heavy (non-hydrogen) atoms. The molecule has 1 aliphatic carbocycles. The van der Waals surface area contributed by atoms with Gasteiger partial charge >= 0.3 is 0 Å². The van der Waals surface area contributed by atoms with Gasteiger partial charge in [-0.25, -0.2) is 5.43 Å². The van der Waals surface area contributed by atoms with Crippen LogP contribution in [-0.2, 0) is 16.0 Å². The molecule has 0 bridgehead atoms. The predicted molar refractivity (Wildman–Crippen MR) is 61.2 cm³/mol. The molecule has 5 heteroatoms. The van der Waals surface area contributed by atoms with Gasteiger partial charge in [0.05, 0.1) is 12.5 Å².